The van der Waals surface area contributed by atoms with Crippen LogP contribution in [-0.2, 0) is 0 Å². The molecule has 110 valence electrons. The molecule has 0 bridgehead atoms. The maximum absolute atomic E-state index is 12.0. The summed E-state index contributed by atoms with van der Waals surface area (Å²) in [5.74, 6) is 0. The first-order chi connectivity index (χ1) is 9.54. The van der Waals surface area contributed by atoms with Gasteiger partial charge in [0.05, 0.1) is 22.2 Å². The zero-order valence-electron chi connectivity index (χ0n) is 11.1. The van der Waals surface area contributed by atoms with Crippen molar-refractivity contribution in [3.63, 3.8) is 0 Å². The highest BCUT2D eigenvalue weighted by Gasteiger charge is 2.32. The zero-order chi connectivity index (χ0) is 14.6. The van der Waals surface area contributed by atoms with E-state index in [9.17, 15) is 9.90 Å². The monoisotopic (exact) mass is 316 g/mol. The molecule has 6 heteroatoms. The standard InChI is InChI=1S/C14H18Cl2N2O2/c15-11-5-4-10(8-12(11)16)17-13(20)18-14(9-19)6-2-1-3-7-14/h4-5,8,19H,1-3,6-7,9H2,(H2,17,18,20). The van der Waals surface area contributed by atoms with E-state index in [1.54, 1.807) is 18.2 Å². The molecule has 4 nitrogen and oxygen atoms in total. The quantitative estimate of drug-likeness (QED) is 0.794. The third-order valence-electron chi connectivity index (χ3n) is 3.67. The molecule has 1 aromatic carbocycles. The van der Waals surface area contributed by atoms with Gasteiger partial charge in [0.15, 0.2) is 0 Å². The van der Waals surface area contributed by atoms with Gasteiger partial charge < -0.3 is 15.7 Å². The van der Waals surface area contributed by atoms with E-state index in [0.717, 1.165) is 32.1 Å². The average molecular weight is 317 g/mol. The normalized spacial score (nSPS) is 17.6. The molecule has 0 saturated heterocycles. The van der Waals surface area contributed by atoms with Gasteiger partial charge in [0.2, 0.25) is 0 Å². The molecule has 2 amide bonds. The van der Waals surface area contributed by atoms with Crippen molar-refractivity contribution in [2.45, 2.75) is 37.6 Å². The number of halogens is 2. The number of hydrogen-bond donors (Lipinski definition) is 3. The fourth-order valence-corrected chi connectivity index (χ4v) is 2.83. The van der Waals surface area contributed by atoms with Gasteiger partial charge in [-0.2, -0.15) is 0 Å². The van der Waals surface area contributed by atoms with Crippen LogP contribution >= 0.6 is 23.2 Å². The largest absolute Gasteiger partial charge is 0.394 e. The van der Waals surface area contributed by atoms with Gasteiger partial charge in [-0.25, -0.2) is 4.79 Å². The minimum Gasteiger partial charge on any atom is -0.394 e. The fourth-order valence-electron chi connectivity index (χ4n) is 2.53. The van der Waals surface area contributed by atoms with Crippen LogP contribution in [0.1, 0.15) is 32.1 Å². The lowest BCUT2D eigenvalue weighted by molar-refractivity contribution is 0.128. The molecule has 0 unspecified atom stereocenters. The van der Waals surface area contributed by atoms with Crippen molar-refractivity contribution >= 4 is 34.9 Å². The third-order valence-corrected chi connectivity index (χ3v) is 4.41. The van der Waals surface area contributed by atoms with Gasteiger partial charge in [-0.1, -0.05) is 42.5 Å². The lowest BCUT2D eigenvalue weighted by Gasteiger charge is -2.36. The second kappa shape index (κ2) is 6.66. The first kappa shape index (κ1) is 15.4. The number of urea groups is 1. The molecule has 3 N–H and O–H groups in total. The maximum Gasteiger partial charge on any atom is 0.319 e. The zero-order valence-corrected chi connectivity index (χ0v) is 12.6. The van der Waals surface area contributed by atoms with E-state index in [4.69, 9.17) is 23.2 Å². The van der Waals surface area contributed by atoms with Gasteiger partial charge in [-0.05, 0) is 31.0 Å². The van der Waals surface area contributed by atoms with Crippen molar-refractivity contribution in [3.8, 4) is 0 Å². The second-order valence-corrected chi connectivity index (χ2v) is 6.02. The summed E-state index contributed by atoms with van der Waals surface area (Å²) >= 11 is 11.7. The third kappa shape index (κ3) is 3.78. The Morgan fingerprint density at radius 3 is 2.50 bits per heavy atom. The Morgan fingerprint density at radius 1 is 1.20 bits per heavy atom. The van der Waals surface area contributed by atoms with E-state index in [1.165, 1.54) is 0 Å². The van der Waals surface area contributed by atoms with Gasteiger partial charge in [0, 0.05) is 5.69 Å². The van der Waals surface area contributed by atoms with Crippen LogP contribution in [0.25, 0.3) is 0 Å². The van der Waals surface area contributed by atoms with Crippen molar-refractivity contribution < 1.29 is 9.90 Å². The fraction of sp³-hybridized carbons (Fsp3) is 0.500. The van der Waals surface area contributed by atoms with Crippen LogP contribution < -0.4 is 10.6 Å². The van der Waals surface area contributed by atoms with Crippen LogP contribution in [0.3, 0.4) is 0 Å². The summed E-state index contributed by atoms with van der Waals surface area (Å²) in [5, 5.41) is 16.0. The minimum atomic E-state index is -0.501. The molecule has 1 saturated carbocycles. The molecule has 0 radical (unpaired) electrons. The van der Waals surface area contributed by atoms with Crippen LogP contribution in [0.4, 0.5) is 10.5 Å². The number of rotatable bonds is 3. The van der Waals surface area contributed by atoms with Gasteiger partial charge >= 0.3 is 6.03 Å². The Kier molecular flexibility index (Phi) is 5.13. The molecule has 0 aromatic heterocycles. The smallest absolute Gasteiger partial charge is 0.319 e. The van der Waals surface area contributed by atoms with Crippen LogP contribution in [0, 0.1) is 0 Å². The van der Waals surface area contributed by atoms with Crippen LogP contribution in [-0.4, -0.2) is 23.3 Å². The summed E-state index contributed by atoms with van der Waals surface area (Å²) in [6.45, 7) is -0.0399. The predicted molar refractivity (Wildman–Crippen MR) is 81.5 cm³/mol. The number of anilines is 1. The molecular weight excluding hydrogens is 299 g/mol. The van der Waals surface area contributed by atoms with Gasteiger partial charge in [-0.3, -0.25) is 0 Å². The summed E-state index contributed by atoms with van der Waals surface area (Å²) in [7, 11) is 0. The number of aliphatic hydroxyl groups excluding tert-OH is 1. The Bertz CT molecular complexity index is 488. The topological polar surface area (TPSA) is 61.4 Å². The number of hydrogen-bond acceptors (Lipinski definition) is 2. The number of carbonyl (C=O) groups is 1. The maximum atomic E-state index is 12.0. The molecular formula is C14H18Cl2N2O2. The van der Waals surface area contributed by atoms with E-state index < -0.39 is 5.54 Å². The number of benzene rings is 1. The van der Waals surface area contributed by atoms with E-state index in [-0.39, 0.29) is 12.6 Å². The Morgan fingerprint density at radius 2 is 1.90 bits per heavy atom. The number of carbonyl (C=O) groups excluding carboxylic acids is 1. The number of amides is 2. The highest BCUT2D eigenvalue weighted by Crippen LogP contribution is 2.28. The van der Waals surface area contributed by atoms with E-state index >= 15 is 0 Å². The summed E-state index contributed by atoms with van der Waals surface area (Å²) in [5.41, 5.74) is 0.0687. The number of nitrogens with one attached hydrogen (secondary N) is 2. The molecule has 20 heavy (non-hydrogen) atoms. The highest BCUT2D eigenvalue weighted by atomic mass is 35.5. The molecule has 0 spiro atoms. The predicted octanol–water partition coefficient (Wildman–Crippen LogP) is 3.81. The molecule has 2 rings (SSSR count). The summed E-state index contributed by atoms with van der Waals surface area (Å²) < 4.78 is 0. The first-order valence-electron chi connectivity index (χ1n) is 6.70. The molecule has 1 aromatic rings. The molecule has 0 atom stereocenters. The van der Waals surface area contributed by atoms with E-state index in [0.29, 0.717) is 15.7 Å². The van der Waals surface area contributed by atoms with Gasteiger partial charge in [0.25, 0.3) is 0 Å². The second-order valence-electron chi connectivity index (χ2n) is 5.21. The lowest BCUT2D eigenvalue weighted by atomic mass is 9.82. The van der Waals surface area contributed by atoms with Crippen molar-refractivity contribution in [2.75, 3.05) is 11.9 Å². The molecule has 1 fully saturated rings. The molecule has 1 aliphatic rings. The summed E-state index contributed by atoms with van der Waals surface area (Å²) in [6, 6.07) is 4.57. The van der Waals surface area contributed by atoms with Crippen molar-refractivity contribution in [2.24, 2.45) is 0 Å². The van der Waals surface area contributed by atoms with Gasteiger partial charge in [0.1, 0.15) is 0 Å². The summed E-state index contributed by atoms with van der Waals surface area (Å²) in [4.78, 5) is 12.0. The van der Waals surface area contributed by atoms with Crippen molar-refractivity contribution in [1.29, 1.82) is 0 Å². The molecule has 0 heterocycles. The molecule has 1 aliphatic carbocycles. The first-order valence-corrected chi connectivity index (χ1v) is 7.45. The average Bonchev–Trinajstić information content (AvgIpc) is 2.44. The Balaban J connectivity index is 1.98. The number of aliphatic hydroxyl groups is 1. The van der Waals surface area contributed by atoms with Crippen LogP contribution in [0.15, 0.2) is 18.2 Å². The van der Waals surface area contributed by atoms with E-state index in [2.05, 4.69) is 10.6 Å². The van der Waals surface area contributed by atoms with Crippen LogP contribution in [0.2, 0.25) is 10.0 Å². The van der Waals surface area contributed by atoms with E-state index in [1.807, 2.05) is 0 Å². The Hall–Kier alpha value is -0.970. The van der Waals surface area contributed by atoms with Crippen LogP contribution in [0.5, 0.6) is 0 Å². The summed E-state index contributed by atoms with van der Waals surface area (Å²) in [6.07, 6.45) is 4.80. The van der Waals surface area contributed by atoms with Crippen molar-refractivity contribution in [1.82, 2.24) is 5.32 Å². The lowest BCUT2D eigenvalue weighted by Crippen LogP contribution is -2.53. The Labute approximate surface area is 128 Å². The minimum absolute atomic E-state index is 0.0399. The SMILES string of the molecule is O=C(Nc1ccc(Cl)c(Cl)c1)NC1(CO)CCCCC1. The van der Waals surface area contributed by atoms with Crippen molar-refractivity contribution in [3.05, 3.63) is 28.2 Å². The van der Waals surface area contributed by atoms with Gasteiger partial charge in [-0.15, -0.1) is 0 Å². The molecule has 0 aliphatic heterocycles. The highest BCUT2D eigenvalue weighted by molar-refractivity contribution is 6.42.